The number of nitrogens with zero attached hydrogens (tertiary/aromatic N) is 3. The van der Waals surface area contributed by atoms with Gasteiger partial charge in [-0.3, -0.25) is 9.36 Å². The van der Waals surface area contributed by atoms with E-state index in [1.54, 1.807) is 40.9 Å². The maximum absolute atomic E-state index is 12.7. The topological polar surface area (TPSA) is 64.4 Å². The second kappa shape index (κ2) is 5.09. The average Bonchev–Trinajstić information content (AvgIpc) is 2.88. The third-order valence-electron chi connectivity index (χ3n) is 4.32. The van der Waals surface area contributed by atoms with Crippen molar-refractivity contribution in [2.24, 2.45) is 0 Å². The lowest BCUT2D eigenvalue weighted by Crippen LogP contribution is -2.45. The minimum Gasteiger partial charge on any atom is -0.461 e. The molecule has 2 aliphatic rings. The molecule has 1 aromatic carbocycles. The van der Waals surface area contributed by atoms with Gasteiger partial charge in [-0.05, 0) is 31.5 Å². The molecule has 2 aliphatic heterocycles. The van der Waals surface area contributed by atoms with Crippen molar-refractivity contribution >= 4 is 23.5 Å². The normalized spacial score (nSPS) is 18.4. The number of esters is 1. The molecule has 2 aromatic rings. The van der Waals surface area contributed by atoms with Gasteiger partial charge in [0, 0.05) is 11.6 Å². The van der Waals surface area contributed by atoms with E-state index in [9.17, 15) is 9.59 Å². The lowest BCUT2D eigenvalue weighted by Gasteiger charge is -2.39. The monoisotopic (exact) mass is 331 g/mol. The summed E-state index contributed by atoms with van der Waals surface area (Å²) in [4.78, 5) is 30.9. The van der Waals surface area contributed by atoms with E-state index in [0.29, 0.717) is 28.5 Å². The maximum Gasteiger partial charge on any atom is 0.358 e. The molecule has 0 saturated carbocycles. The molecule has 0 spiro atoms. The first-order valence-electron chi connectivity index (χ1n) is 7.47. The molecule has 3 heterocycles. The van der Waals surface area contributed by atoms with Crippen molar-refractivity contribution in [2.75, 3.05) is 13.2 Å². The SMILES string of the molecule is CCOC(=O)c1ncn2c1[C@@H]1CCN1C(=O)c1cc(Cl)ccc1-2. The summed E-state index contributed by atoms with van der Waals surface area (Å²) in [6, 6.07) is 5.01. The summed E-state index contributed by atoms with van der Waals surface area (Å²) >= 11 is 6.05. The fourth-order valence-corrected chi connectivity index (χ4v) is 3.36. The molecule has 4 rings (SSSR count). The van der Waals surface area contributed by atoms with Crippen LogP contribution in [0, 0.1) is 0 Å². The molecule has 23 heavy (non-hydrogen) atoms. The van der Waals surface area contributed by atoms with Gasteiger partial charge in [0.2, 0.25) is 0 Å². The van der Waals surface area contributed by atoms with Crippen LogP contribution in [-0.4, -0.2) is 39.5 Å². The number of carbonyl (C=O) groups excluding carboxylic acids is 2. The molecule has 0 N–H and O–H groups in total. The number of benzene rings is 1. The number of ether oxygens (including phenoxy) is 1. The minimum atomic E-state index is -0.460. The van der Waals surface area contributed by atoms with Crippen molar-refractivity contribution in [1.82, 2.24) is 14.5 Å². The number of halogens is 1. The van der Waals surface area contributed by atoms with Crippen LogP contribution >= 0.6 is 11.6 Å². The first-order valence-corrected chi connectivity index (χ1v) is 7.85. The Labute approximate surface area is 137 Å². The summed E-state index contributed by atoms with van der Waals surface area (Å²) < 4.78 is 6.90. The van der Waals surface area contributed by atoms with Crippen LogP contribution in [0.25, 0.3) is 5.69 Å². The third kappa shape index (κ3) is 1.98. The van der Waals surface area contributed by atoms with Crippen molar-refractivity contribution in [3.63, 3.8) is 0 Å². The van der Waals surface area contributed by atoms with Gasteiger partial charge >= 0.3 is 5.97 Å². The first kappa shape index (κ1) is 14.3. The lowest BCUT2D eigenvalue weighted by molar-refractivity contribution is 0.0428. The molecule has 118 valence electrons. The van der Waals surface area contributed by atoms with Gasteiger partial charge in [-0.1, -0.05) is 11.6 Å². The van der Waals surface area contributed by atoms with Gasteiger partial charge in [-0.25, -0.2) is 9.78 Å². The van der Waals surface area contributed by atoms with Gasteiger partial charge in [0.1, 0.15) is 6.33 Å². The number of aromatic nitrogens is 2. The third-order valence-corrected chi connectivity index (χ3v) is 4.55. The zero-order chi connectivity index (χ0) is 16.1. The number of hydrogen-bond donors (Lipinski definition) is 0. The number of carbonyl (C=O) groups is 2. The van der Waals surface area contributed by atoms with E-state index in [0.717, 1.165) is 6.42 Å². The lowest BCUT2D eigenvalue weighted by atomic mass is 9.97. The second-order valence-electron chi connectivity index (χ2n) is 5.53. The second-order valence-corrected chi connectivity index (χ2v) is 5.97. The van der Waals surface area contributed by atoms with Gasteiger partial charge in [0.15, 0.2) is 5.69 Å². The smallest absolute Gasteiger partial charge is 0.358 e. The van der Waals surface area contributed by atoms with Crippen LogP contribution in [0.5, 0.6) is 0 Å². The molecule has 1 saturated heterocycles. The summed E-state index contributed by atoms with van der Waals surface area (Å²) in [6.07, 6.45) is 2.37. The van der Waals surface area contributed by atoms with Gasteiger partial charge < -0.3 is 9.64 Å². The Hall–Kier alpha value is -2.34. The summed E-state index contributed by atoms with van der Waals surface area (Å²) in [5.41, 5.74) is 2.20. The predicted molar refractivity (Wildman–Crippen MR) is 82.9 cm³/mol. The van der Waals surface area contributed by atoms with Crippen LogP contribution in [-0.2, 0) is 4.74 Å². The Bertz CT molecular complexity index is 830. The van der Waals surface area contributed by atoms with Gasteiger partial charge in [-0.15, -0.1) is 0 Å². The predicted octanol–water partition coefficient (Wildman–Crippen LogP) is 2.60. The highest BCUT2D eigenvalue weighted by molar-refractivity contribution is 6.31. The maximum atomic E-state index is 12.7. The molecule has 0 radical (unpaired) electrons. The van der Waals surface area contributed by atoms with Crippen molar-refractivity contribution in [3.8, 4) is 5.69 Å². The molecule has 7 heteroatoms. The number of rotatable bonds is 2. The van der Waals surface area contributed by atoms with Gasteiger partial charge in [0.05, 0.1) is 29.6 Å². The summed E-state index contributed by atoms with van der Waals surface area (Å²) in [5, 5.41) is 0.503. The fraction of sp³-hybridized carbons (Fsp3) is 0.312. The number of fused-ring (bicyclic) bond motifs is 5. The minimum absolute atomic E-state index is 0.0720. The molecule has 1 aromatic heterocycles. The molecule has 6 nitrogen and oxygen atoms in total. The molecule has 1 fully saturated rings. The standard InChI is InChI=1S/C16H14ClN3O3/c1-2-23-16(22)13-14-12-5-6-19(12)15(21)10-7-9(17)3-4-11(10)20(14)8-18-13/h3-4,7-8,12H,2,5-6H2,1H3/t12-/m0/s1. The highest BCUT2D eigenvalue weighted by atomic mass is 35.5. The van der Waals surface area contributed by atoms with Gasteiger partial charge in [-0.2, -0.15) is 0 Å². The Kier molecular flexibility index (Phi) is 3.16. The van der Waals surface area contributed by atoms with Crippen LogP contribution in [0.3, 0.4) is 0 Å². The van der Waals surface area contributed by atoms with E-state index in [4.69, 9.17) is 16.3 Å². The molecule has 0 unspecified atom stereocenters. The Morgan fingerprint density at radius 1 is 1.48 bits per heavy atom. The van der Waals surface area contributed by atoms with E-state index < -0.39 is 5.97 Å². The molecule has 0 bridgehead atoms. The highest BCUT2D eigenvalue weighted by Crippen LogP contribution is 2.41. The quantitative estimate of drug-likeness (QED) is 0.793. The number of imidazole rings is 1. The molecule has 0 aliphatic carbocycles. The zero-order valence-electron chi connectivity index (χ0n) is 12.5. The van der Waals surface area contributed by atoms with E-state index >= 15 is 0 Å². The van der Waals surface area contributed by atoms with Crippen molar-refractivity contribution in [2.45, 2.75) is 19.4 Å². The average molecular weight is 332 g/mol. The largest absolute Gasteiger partial charge is 0.461 e. The Morgan fingerprint density at radius 2 is 2.30 bits per heavy atom. The number of amides is 1. The van der Waals surface area contributed by atoms with E-state index in [2.05, 4.69) is 4.98 Å². The van der Waals surface area contributed by atoms with Crippen LogP contribution in [0.4, 0.5) is 0 Å². The van der Waals surface area contributed by atoms with Crippen molar-refractivity contribution < 1.29 is 14.3 Å². The molecule has 1 atom stereocenters. The van der Waals surface area contributed by atoms with Crippen LogP contribution < -0.4 is 0 Å². The fourth-order valence-electron chi connectivity index (χ4n) is 3.18. The molecular weight excluding hydrogens is 318 g/mol. The Morgan fingerprint density at radius 3 is 3.00 bits per heavy atom. The number of hydrogen-bond acceptors (Lipinski definition) is 4. The molecule has 1 amide bonds. The summed E-state index contributed by atoms with van der Waals surface area (Å²) in [7, 11) is 0. The Balaban J connectivity index is 1.94. The van der Waals surface area contributed by atoms with Crippen molar-refractivity contribution in [1.29, 1.82) is 0 Å². The van der Waals surface area contributed by atoms with E-state index in [1.807, 2.05) is 0 Å². The first-order chi connectivity index (χ1) is 11.1. The van der Waals surface area contributed by atoms with Crippen LogP contribution in [0.15, 0.2) is 24.5 Å². The van der Waals surface area contributed by atoms with E-state index in [1.165, 1.54) is 0 Å². The highest BCUT2D eigenvalue weighted by Gasteiger charge is 2.42. The van der Waals surface area contributed by atoms with Crippen LogP contribution in [0.2, 0.25) is 5.02 Å². The van der Waals surface area contributed by atoms with Gasteiger partial charge in [0.25, 0.3) is 5.91 Å². The molecular formula is C16H14ClN3O3. The van der Waals surface area contributed by atoms with Crippen LogP contribution in [0.1, 0.15) is 45.9 Å². The summed E-state index contributed by atoms with van der Waals surface area (Å²) in [6.45, 7) is 2.69. The zero-order valence-corrected chi connectivity index (χ0v) is 13.2. The summed E-state index contributed by atoms with van der Waals surface area (Å²) in [5.74, 6) is -0.532. The van der Waals surface area contributed by atoms with Crippen molar-refractivity contribution in [3.05, 3.63) is 46.5 Å². The van der Waals surface area contributed by atoms with E-state index in [-0.39, 0.29) is 24.2 Å².